The van der Waals surface area contributed by atoms with Gasteiger partial charge >= 0.3 is 0 Å². The lowest BCUT2D eigenvalue weighted by molar-refractivity contribution is 0.600. The highest BCUT2D eigenvalue weighted by Gasteiger charge is 2.35. The fraction of sp³-hybridized carbons (Fsp3) is 0.500. The zero-order valence-electron chi connectivity index (χ0n) is 9.52. The van der Waals surface area contributed by atoms with Crippen molar-refractivity contribution in [3.8, 4) is 0 Å². The molecule has 0 unspecified atom stereocenters. The summed E-state index contributed by atoms with van der Waals surface area (Å²) in [6.45, 7) is 0. The van der Waals surface area contributed by atoms with Gasteiger partial charge in [0.2, 0.25) is 10.0 Å². The fourth-order valence-electron chi connectivity index (χ4n) is 1.69. The Morgan fingerprint density at radius 2 is 2.12 bits per heavy atom. The normalized spacial score (nSPS) is 15.8. The summed E-state index contributed by atoms with van der Waals surface area (Å²) in [5.41, 5.74) is 1.77. The summed E-state index contributed by atoms with van der Waals surface area (Å²) >= 11 is 5.64. The monoisotopic (exact) mass is 273 g/mol. The average Bonchev–Trinajstić information content (AvgIpc) is 3.10. The molecule has 94 valence electrons. The number of anilines is 1. The van der Waals surface area contributed by atoms with Crippen molar-refractivity contribution < 1.29 is 8.42 Å². The Morgan fingerprint density at radius 3 is 2.76 bits per heavy atom. The van der Waals surface area contributed by atoms with Crippen molar-refractivity contribution in [2.45, 2.75) is 30.9 Å². The third-order valence-corrected chi connectivity index (χ3v) is 4.89. The van der Waals surface area contributed by atoms with Crippen LogP contribution in [0.3, 0.4) is 0 Å². The molecule has 3 nitrogen and oxygen atoms in total. The molecule has 0 saturated heterocycles. The minimum Gasteiger partial charge on any atom is -0.283 e. The van der Waals surface area contributed by atoms with Crippen LogP contribution in [0.1, 0.15) is 24.8 Å². The number of nitrogens with one attached hydrogen (secondary N) is 1. The highest BCUT2D eigenvalue weighted by molar-refractivity contribution is 7.93. The molecule has 1 aromatic rings. The molecule has 0 amide bonds. The molecule has 1 aliphatic rings. The van der Waals surface area contributed by atoms with Gasteiger partial charge < -0.3 is 0 Å². The van der Waals surface area contributed by atoms with Crippen molar-refractivity contribution in [1.29, 1.82) is 0 Å². The number of sulfonamides is 1. The van der Waals surface area contributed by atoms with Crippen LogP contribution in [-0.4, -0.2) is 19.5 Å². The van der Waals surface area contributed by atoms with Crippen LogP contribution >= 0.6 is 11.6 Å². The van der Waals surface area contributed by atoms with Crippen LogP contribution in [0.15, 0.2) is 24.3 Å². The van der Waals surface area contributed by atoms with Crippen molar-refractivity contribution in [1.82, 2.24) is 0 Å². The van der Waals surface area contributed by atoms with Crippen molar-refractivity contribution in [2.24, 2.45) is 0 Å². The summed E-state index contributed by atoms with van der Waals surface area (Å²) in [4.78, 5) is 0. The predicted octanol–water partition coefficient (Wildman–Crippen LogP) is 2.76. The van der Waals surface area contributed by atoms with Gasteiger partial charge in [-0.1, -0.05) is 12.1 Å². The van der Waals surface area contributed by atoms with Crippen molar-refractivity contribution in [3.63, 3.8) is 0 Å². The van der Waals surface area contributed by atoms with Crippen LogP contribution in [0.2, 0.25) is 0 Å². The maximum atomic E-state index is 11.8. The molecule has 2 rings (SSSR count). The molecule has 0 aromatic heterocycles. The van der Waals surface area contributed by atoms with Gasteiger partial charge in [0.1, 0.15) is 0 Å². The van der Waals surface area contributed by atoms with Gasteiger partial charge in [0.05, 0.1) is 5.25 Å². The van der Waals surface area contributed by atoms with E-state index in [1.165, 1.54) is 0 Å². The predicted molar refractivity (Wildman–Crippen MR) is 71.0 cm³/mol. The standard InChI is InChI=1S/C12H16ClNO2S/c13-8-2-4-10-3-1-5-11(9-10)14-17(15,16)12-6-7-12/h1,3,5,9,12,14H,2,4,6-8H2. The molecular weight excluding hydrogens is 258 g/mol. The van der Waals surface area contributed by atoms with E-state index in [0.717, 1.165) is 31.2 Å². The molecule has 0 atom stereocenters. The van der Waals surface area contributed by atoms with E-state index in [1.807, 2.05) is 18.2 Å². The van der Waals surface area contributed by atoms with Crippen molar-refractivity contribution >= 4 is 27.3 Å². The topological polar surface area (TPSA) is 46.2 Å². The van der Waals surface area contributed by atoms with Crippen LogP contribution < -0.4 is 4.72 Å². The third kappa shape index (κ3) is 3.61. The number of alkyl halides is 1. The van der Waals surface area contributed by atoms with E-state index in [-0.39, 0.29) is 5.25 Å². The molecule has 1 N–H and O–H groups in total. The molecule has 0 heterocycles. The third-order valence-electron chi connectivity index (χ3n) is 2.75. The second-order valence-electron chi connectivity index (χ2n) is 4.34. The van der Waals surface area contributed by atoms with Gasteiger partial charge in [0, 0.05) is 11.6 Å². The van der Waals surface area contributed by atoms with Gasteiger partial charge in [-0.15, -0.1) is 11.6 Å². The lowest BCUT2D eigenvalue weighted by Gasteiger charge is -2.08. The number of hydrogen-bond donors (Lipinski definition) is 1. The molecular formula is C12H16ClNO2S. The van der Waals surface area contributed by atoms with Gasteiger partial charge in [0.25, 0.3) is 0 Å². The first-order valence-corrected chi connectivity index (χ1v) is 7.86. The van der Waals surface area contributed by atoms with E-state index in [4.69, 9.17) is 11.6 Å². The zero-order valence-corrected chi connectivity index (χ0v) is 11.1. The second kappa shape index (κ2) is 5.27. The van der Waals surface area contributed by atoms with Crippen molar-refractivity contribution in [3.05, 3.63) is 29.8 Å². The van der Waals surface area contributed by atoms with E-state index < -0.39 is 10.0 Å². The maximum Gasteiger partial charge on any atom is 0.235 e. The smallest absolute Gasteiger partial charge is 0.235 e. The Labute approximate surface area is 107 Å². The summed E-state index contributed by atoms with van der Waals surface area (Å²) in [6.07, 6.45) is 3.34. The van der Waals surface area contributed by atoms with Gasteiger partial charge in [-0.05, 0) is 43.4 Å². The van der Waals surface area contributed by atoms with Crippen LogP contribution in [0.5, 0.6) is 0 Å². The fourth-order valence-corrected chi connectivity index (χ4v) is 3.20. The average molecular weight is 274 g/mol. The summed E-state index contributed by atoms with van der Waals surface area (Å²) < 4.78 is 26.1. The SMILES string of the molecule is O=S(=O)(Nc1cccc(CCCCl)c1)C1CC1. The number of halogens is 1. The lowest BCUT2D eigenvalue weighted by atomic mass is 10.1. The van der Waals surface area contributed by atoms with E-state index in [0.29, 0.717) is 11.6 Å². The Bertz CT molecular complexity index is 483. The Kier molecular flexibility index (Phi) is 3.94. The lowest BCUT2D eigenvalue weighted by Crippen LogP contribution is -2.17. The quantitative estimate of drug-likeness (QED) is 0.810. The first-order chi connectivity index (χ1) is 8.12. The van der Waals surface area contributed by atoms with Crippen molar-refractivity contribution in [2.75, 3.05) is 10.6 Å². The first-order valence-electron chi connectivity index (χ1n) is 5.78. The molecule has 17 heavy (non-hydrogen) atoms. The Morgan fingerprint density at radius 1 is 1.35 bits per heavy atom. The Balaban J connectivity index is 2.05. The molecule has 0 aliphatic heterocycles. The number of hydrogen-bond acceptors (Lipinski definition) is 2. The highest BCUT2D eigenvalue weighted by Crippen LogP contribution is 2.29. The van der Waals surface area contributed by atoms with E-state index in [2.05, 4.69) is 4.72 Å². The van der Waals surface area contributed by atoms with E-state index in [1.54, 1.807) is 6.07 Å². The number of rotatable bonds is 6. The van der Waals surface area contributed by atoms with Gasteiger partial charge in [0.15, 0.2) is 0 Å². The van der Waals surface area contributed by atoms with Crippen LogP contribution in [0.4, 0.5) is 5.69 Å². The van der Waals surface area contributed by atoms with Crippen LogP contribution in [0.25, 0.3) is 0 Å². The van der Waals surface area contributed by atoms with E-state index in [9.17, 15) is 8.42 Å². The molecule has 1 saturated carbocycles. The Hall–Kier alpha value is -0.740. The summed E-state index contributed by atoms with van der Waals surface area (Å²) in [5, 5.41) is -0.186. The number of benzene rings is 1. The molecule has 0 radical (unpaired) electrons. The van der Waals surface area contributed by atoms with E-state index >= 15 is 0 Å². The summed E-state index contributed by atoms with van der Waals surface area (Å²) in [7, 11) is -3.15. The largest absolute Gasteiger partial charge is 0.283 e. The minimum absolute atomic E-state index is 0.186. The minimum atomic E-state index is -3.15. The first kappa shape index (κ1) is 12.7. The van der Waals surface area contributed by atoms with Gasteiger partial charge in [-0.3, -0.25) is 4.72 Å². The zero-order chi connectivity index (χ0) is 12.3. The summed E-state index contributed by atoms with van der Waals surface area (Å²) in [6, 6.07) is 7.52. The molecule has 0 spiro atoms. The van der Waals surface area contributed by atoms with Gasteiger partial charge in [-0.25, -0.2) is 8.42 Å². The molecule has 0 bridgehead atoms. The summed E-state index contributed by atoms with van der Waals surface area (Å²) in [5.74, 6) is 0.623. The molecule has 1 fully saturated rings. The second-order valence-corrected chi connectivity index (χ2v) is 6.68. The maximum absolute atomic E-state index is 11.8. The molecule has 5 heteroatoms. The van der Waals surface area contributed by atoms with Gasteiger partial charge in [-0.2, -0.15) is 0 Å². The van der Waals surface area contributed by atoms with Crippen LogP contribution in [-0.2, 0) is 16.4 Å². The highest BCUT2D eigenvalue weighted by atomic mass is 35.5. The molecule has 1 aromatic carbocycles. The van der Waals surface area contributed by atoms with Crippen LogP contribution in [0, 0.1) is 0 Å². The molecule has 1 aliphatic carbocycles. The number of aryl methyl sites for hydroxylation is 1.